The molecule has 0 aliphatic rings. The predicted octanol–water partition coefficient (Wildman–Crippen LogP) is 1.09. The fourth-order valence-electron chi connectivity index (χ4n) is 1.75. The van der Waals surface area contributed by atoms with Gasteiger partial charge in [-0.15, -0.1) is 0 Å². The van der Waals surface area contributed by atoms with Gasteiger partial charge in [-0.25, -0.2) is 0 Å². The normalized spacial score (nSPS) is 17.5. The van der Waals surface area contributed by atoms with Crippen molar-refractivity contribution in [3.8, 4) is 0 Å². The number of nitrogens with one attached hydrogen (secondary N) is 1. The summed E-state index contributed by atoms with van der Waals surface area (Å²) in [6.45, 7) is 3.67. The van der Waals surface area contributed by atoms with E-state index in [1.54, 1.807) is 14.0 Å². The Hall–Kier alpha value is -1.04. The molecule has 1 aromatic carbocycles. The first kappa shape index (κ1) is 16.0. The Labute approximate surface area is 118 Å². The highest BCUT2D eigenvalue weighted by molar-refractivity contribution is 8.00. The second-order valence-electron chi connectivity index (χ2n) is 4.64. The Kier molecular flexibility index (Phi) is 5.85. The van der Waals surface area contributed by atoms with Crippen molar-refractivity contribution >= 4 is 17.7 Å². The quantitative estimate of drug-likeness (QED) is 0.700. The zero-order valence-corrected chi connectivity index (χ0v) is 12.4. The first-order chi connectivity index (χ1) is 8.94. The number of likely N-dealkylation sites (N-methyl/N-ethyl adjacent to an activating group) is 1. The van der Waals surface area contributed by atoms with Crippen LogP contribution in [-0.4, -0.2) is 35.2 Å². The average molecular weight is 282 g/mol. The number of rotatable bonds is 7. The minimum absolute atomic E-state index is 0.0378. The van der Waals surface area contributed by atoms with Gasteiger partial charge in [0.1, 0.15) is 5.54 Å². The second-order valence-corrected chi connectivity index (χ2v) is 6.01. The van der Waals surface area contributed by atoms with Crippen molar-refractivity contribution in [1.29, 1.82) is 0 Å². The van der Waals surface area contributed by atoms with Crippen molar-refractivity contribution in [3.05, 3.63) is 35.9 Å². The summed E-state index contributed by atoms with van der Waals surface area (Å²) in [5, 5.41) is 12.6. The highest BCUT2D eigenvalue weighted by Gasteiger charge is 2.37. The van der Waals surface area contributed by atoms with Gasteiger partial charge in [0, 0.05) is 11.0 Å². The number of carbonyl (C=O) groups is 1. The zero-order chi connectivity index (χ0) is 14.5. The molecule has 1 aromatic rings. The number of carbonyl (C=O) groups excluding carboxylic acids is 1. The monoisotopic (exact) mass is 282 g/mol. The minimum Gasteiger partial charge on any atom is -0.392 e. The van der Waals surface area contributed by atoms with Crippen molar-refractivity contribution in [3.63, 3.8) is 0 Å². The van der Waals surface area contributed by atoms with Crippen LogP contribution >= 0.6 is 11.8 Å². The number of benzene rings is 1. The predicted molar refractivity (Wildman–Crippen MR) is 80.0 cm³/mol. The van der Waals surface area contributed by atoms with E-state index in [2.05, 4.69) is 5.32 Å². The lowest BCUT2D eigenvalue weighted by Crippen LogP contribution is -2.53. The Morgan fingerprint density at radius 2 is 2.00 bits per heavy atom. The van der Waals surface area contributed by atoms with E-state index < -0.39 is 17.6 Å². The molecular formula is C14H22N2O2S. The third kappa shape index (κ3) is 3.72. The fraction of sp³-hybridized carbons (Fsp3) is 0.500. The maximum Gasteiger partial charge on any atom is 0.243 e. The molecule has 0 heterocycles. The summed E-state index contributed by atoms with van der Waals surface area (Å²) in [5.41, 5.74) is 5.53. The van der Waals surface area contributed by atoms with Crippen LogP contribution in [0.1, 0.15) is 19.4 Å². The summed E-state index contributed by atoms with van der Waals surface area (Å²) in [6.07, 6.45) is -0.428. The molecule has 3 unspecified atom stereocenters. The number of nitrogens with two attached hydrogens (primary N) is 1. The molecule has 0 aliphatic heterocycles. The number of aliphatic hydroxyl groups excluding tert-OH is 1. The van der Waals surface area contributed by atoms with Crippen LogP contribution in [0.5, 0.6) is 0 Å². The standard InChI is InChI=1S/C14H22N2O2S/c1-10(17)11(2)19-9-14(16-3,13(15)18)12-7-5-4-6-8-12/h4-8,10-11,16-17H,9H2,1-3H3,(H2,15,18). The molecule has 0 spiro atoms. The third-order valence-electron chi connectivity index (χ3n) is 3.36. The van der Waals surface area contributed by atoms with Crippen LogP contribution in [0.3, 0.4) is 0 Å². The van der Waals surface area contributed by atoms with Crippen LogP contribution in [-0.2, 0) is 10.3 Å². The lowest BCUT2D eigenvalue weighted by atomic mass is 9.91. The molecule has 0 bridgehead atoms. The summed E-state index contributed by atoms with van der Waals surface area (Å²) in [4.78, 5) is 11.9. The second kappa shape index (κ2) is 6.93. The first-order valence-corrected chi connectivity index (χ1v) is 7.33. The largest absolute Gasteiger partial charge is 0.392 e. The number of hydrogen-bond acceptors (Lipinski definition) is 4. The first-order valence-electron chi connectivity index (χ1n) is 6.28. The van der Waals surface area contributed by atoms with E-state index in [1.165, 1.54) is 11.8 Å². The van der Waals surface area contributed by atoms with Gasteiger partial charge in [0.05, 0.1) is 6.10 Å². The van der Waals surface area contributed by atoms with Crippen LogP contribution in [0.15, 0.2) is 30.3 Å². The van der Waals surface area contributed by atoms with Crippen molar-refractivity contribution in [2.45, 2.75) is 30.7 Å². The number of thioether (sulfide) groups is 1. The Morgan fingerprint density at radius 3 is 2.42 bits per heavy atom. The number of aliphatic hydroxyl groups is 1. The van der Waals surface area contributed by atoms with Crippen molar-refractivity contribution in [2.75, 3.05) is 12.8 Å². The minimum atomic E-state index is -0.908. The van der Waals surface area contributed by atoms with Gasteiger partial charge in [-0.1, -0.05) is 37.3 Å². The van der Waals surface area contributed by atoms with E-state index in [9.17, 15) is 9.90 Å². The summed E-state index contributed by atoms with van der Waals surface area (Å²) in [6, 6.07) is 9.43. The smallest absolute Gasteiger partial charge is 0.243 e. The highest BCUT2D eigenvalue weighted by atomic mass is 32.2. The van der Waals surface area contributed by atoms with Crippen molar-refractivity contribution < 1.29 is 9.90 Å². The molecule has 4 nitrogen and oxygen atoms in total. The van der Waals surface area contributed by atoms with E-state index in [0.717, 1.165) is 5.56 Å². The van der Waals surface area contributed by atoms with Crippen LogP contribution in [0, 0.1) is 0 Å². The fourth-order valence-corrected chi connectivity index (χ4v) is 3.00. The Morgan fingerprint density at radius 1 is 1.42 bits per heavy atom. The van der Waals surface area contributed by atoms with Gasteiger partial charge >= 0.3 is 0 Å². The van der Waals surface area contributed by atoms with Crippen LogP contribution in [0.4, 0.5) is 0 Å². The van der Waals surface area contributed by atoms with Gasteiger partial charge in [-0.05, 0) is 19.5 Å². The molecule has 19 heavy (non-hydrogen) atoms. The Bertz CT molecular complexity index is 411. The van der Waals surface area contributed by atoms with E-state index in [-0.39, 0.29) is 5.25 Å². The SMILES string of the molecule is CNC(CSC(C)C(C)O)(C(N)=O)c1ccccc1. The molecule has 3 atom stereocenters. The number of hydrogen-bond donors (Lipinski definition) is 3. The third-order valence-corrected chi connectivity index (χ3v) is 4.88. The molecule has 5 heteroatoms. The lowest BCUT2D eigenvalue weighted by Gasteiger charge is -2.32. The van der Waals surface area contributed by atoms with Crippen LogP contribution in [0.25, 0.3) is 0 Å². The molecule has 4 N–H and O–H groups in total. The van der Waals surface area contributed by atoms with Crippen molar-refractivity contribution in [1.82, 2.24) is 5.32 Å². The van der Waals surface area contributed by atoms with Crippen LogP contribution < -0.4 is 11.1 Å². The van der Waals surface area contributed by atoms with Gasteiger partial charge in [0.15, 0.2) is 0 Å². The summed E-state index contributed by atoms with van der Waals surface area (Å²) < 4.78 is 0. The molecule has 0 saturated heterocycles. The number of primary amides is 1. The average Bonchev–Trinajstić information content (AvgIpc) is 2.40. The number of amides is 1. The van der Waals surface area contributed by atoms with Gasteiger partial charge in [-0.2, -0.15) is 11.8 Å². The summed E-state index contributed by atoms with van der Waals surface area (Å²) in [7, 11) is 1.73. The maximum atomic E-state index is 11.9. The molecule has 1 rings (SSSR count). The van der Waals surface area contributed by atoms with Crippen LogP contribution in [0.2, 0.25) is 0 Å². The summed E-state index contributed by atoms with van der Waals surface area (Å²) in [5.74, 6) is 0.0704. The molecule has 1 amide bonds. The maximum absolute atomic E-state index is 11.9. The highest BCUT2D eigenvalue weighted by Crippen LogP contribution is 2.28. The topological polar surface area (TPSA) is 75.3 Å². The molecule has 0 aliphatic carbocycles. The molecule has 0 fully saturated rings. The molecule has 106 valence electrons. The lowest BCUT2D eigenvalue weighted by molar-refractivity contribution is -0.123. The van der Waals surface area contributed by atoms with Gasteiger partial charge < -0.3 is 16.2 Å². The molecule has 0 saturated carbocycles. The van der Waals surface area contributed by atoms with E-state index in [4.69, 9.17) is 5.73 Å². The van der Waals surface area contributed by atoms with Gasteiger partial charge in [0.2, 0.25) is 5.91 Å². The summed E-state index contributed by atoms with van der Waals surface area (Å²) >= 11 is 1.53. The Balaban J connectivity index is 2.98. The molecule has 0 radical (unpaired) electrons. The van der Waals surface area contributed by atoms with E-state index >= 15 is 0 Å². The molecule has 0 aromatic heterocycles. The van der Waals surface area contributed by atoms with Gasteiger partial charge in [-0.3, -0.25) is 4.79 Å². The molecular weight excluding hydrogens is 260 g/mol. The zero-order valence-electron chi connectivity index (χ0n) is 11.6. The van der Waals surface area contributed by atoms with Crippen molar-refractivity contribution in [2.24, 2.45) is 5.73 Å². The van der Waals surface area contributed by atoms with Gasteiger partial charge in [0.25, 0.3) is 0 Å². The van der Waals surface area contributed by atoms with E-state index in [0.29, 0.717) is 5.75 Å². The van der Waals surface area contributed by atoms with E-state index in [1.807, 2.05) is 37.3 Å².